The number of rotatable bonds is 2. The number of nitro benzene ring substituents is 1. The van der Waals surface area contributed by atoms with E-state index in [4.69, 9.17) is 16.9 Å². The van der Waals surface area contributed by atoms with Gasteiger partial charge in [0.05, 0.1) is 16.9 Å². The highest BCUT2D eigenvalue weighted by Crippen LogP contribution is 2.27. The first-order valence-electron chi connectivity index (χ1n) is 3.89. The summed E-state index contributed by atoms with van der Waals surface area (Å²) in [5, 5.41) is 19.1. The molecule has 0 aliphatic carbocycles. The van der Waals surface area contributed by atoms with Gasteiger partial charge in [0.25, 0.3) is 5.69 Å². The number of hydrogen-bond donors (Lipinski definition) is 0. The second-order valence-corrected chi connectivity index (χ2v) is 3.23. The average molecular weight is 211 g/mol. The van der Waals surface area contributed by atoms with Crippen LogP contribution in [-0.2, 0) is 0 Å². The molecular formula is C9H7ClN2O2. The summed E-state index contributed by atoms with van der Waals surface area (Å²) in [6.07, 6.45) is 0. The highest BCUT2D eigenvalue weighted by molar-refractivity contribution is 6.32. The molecule has 1 aromatic rings. The molecule has 0 fully saturated rings. The summed E-state index contributed by atoms with van der Waals surface area (Å²) in [4.78, 5) is 9.88. The van der Waals surface area contributed by atoms with Crippen molar-refractivity contribution in [2.75, 3.05) is 0 Å². The molecule has 0 saturated carbocycles. The number of benzene rings is 1. The Hall–Kier alpha value is -1.60. The van der Waals surface area contributed by atoms with Crippen molar-refractivity contribution in [1.29, 1.82) is 5.26 Å². The summed E-state index contributed by atoms with van der Waals surface area (Å²) < 4.78 is 0. The van der Waals surface area contributed by atoms with Crippen LogP contribution in [0.25, 0.3) is 0 Å². The third-order valence-electron chi connectivity index (χ3n) is 1.86. The quantitative estimate of drug-likeness (QED) is 0.557. The molecule has 0 aliphatic heterocycles. The fraction of sp³-hybridized carbons (Fsp3) is 0.222. The Morgan fingerprint density at radius 3 is 2.71 bits per heavy atom. The Morgan fingerprint density at radius 1 is 1.64 bits per heavy atom. The van der Waals surface area contributed by atoms with Crippen LogP contribution in [0, 0.1) is 21.4 Å². The number of nitriles is 1. The zero-order chi connectivity index (χ0) is 10.7. The first-order chi connectivity index (χ1) is 6.56. The fourth-order valence-corrected chi connectivity index (χ4v) is 1.27. The molecule has 0 radical (unpaired) electrons. The first-order valence-corrected chi connectivity index (χ1v) is 4.27. The highest BCUT2D eigenvalue weighted by atomic mass is 35.5. The van der Waals surface area contributed by atoms with Crippen molar-refractivity contribution in [3.8, 4) is 6.07 Å². The average Bonchev–Trinajstić information content (AvgIpc) is 2.15. The van der Waals surface area contributed by atoms with E-state index in [-0.39, 0.29) is 16.6 Å². The van der Waals surface area contributed by atoms with Gasteiger partial charge in [-0.1, -0.05) is 17.7 Å². The third kappa shape index (κ3) is 2.01. The minimum atomic E-state index is -0.552. The predicted octanol–water partition coefficient (Wildman–Crippen LogP) is 2.88. The summed E-state index contributed by atoms with van der Waals surface area (Å²) in [5.41, 5.74) is 0.545. The lowest BCUT2D eigenvalue weighted by atomic mass is 10.0. The molecule has 72 valence electrons. The van der Waals surface area contributed by atoms with E-state index in [0.717, 1.165) is 0 Å². The standard InChI is InChI=1S/C9H7ClN2O2/c1-6(5-11)7-2-3-9(12(13)14)8(10)4-7/h2-4,6H,1H3. The van der Waals surface area contributed by atoms with E-state index >= 15 is 0 Å². The van der Waals surface area contributed by atoms with Crippen molar-refractivity contribution in [3.05, 3.63) is 38.9 Å². The van der Waals surface area contributed by atoms with Gasteiger partial charge in [0, 0.05) is 6.07 Å². The van der Waals surface area contributed by atoms with Gasteiger partial charge in [0.15, 0.2) is 0 Å². The van der Waals surface area contributed by atoms with Gasteiger partial charge in [0.2, 0.25) is 0 Å². The fourth-order valence-electron chi connectivity index (χ4n) is 1.02. The topological polar surface area (TPSA) is 66.9 Å². The normalized spacial score (nSPS) is 11.8. The lowest BCUT2D eigenvalue weighted by Crippen LogP contribution is -1.93. The maximum atomic E-state index is 10.4. The molecule has 0 aromatic heterocycles. The van der Waals surface area contributed by atoms with Gasteiger partial charge in [-0.3, -0.25) is 10.1 Å². The summed E-state index contributed by atoms with van der Waals surface area (Å²) >= 11 is 5.67. The predicted molar refractivity (Wildman–Crippen MR) is 52.1 cm³/mol. The molecule has 0 N–H and O–H groups in total. The van der Waals surface area contributed by atoms with Gasteiger partial charge in [-0.2, -0.15) is 5.26 Å². The molecule has 0 spiro atoms. The van der Waals surface area contributed by atoms with Gasteiger partial charge in [-0.15, -0.1) is 0 Å². The molecule has 1 aromatic carbocycles. The van der Waals surface area contributed by atoms with Crippen LogP contribution in [0.3, 0.4) is 0 Å². The van der Waals surface area contributed by atoms with Gasteiger partial charge in [0.1, 0.15) is 5.02 Å². The van der Waals surface area contributed by atoms with Crippen LogP contribution in [0.5, 0.6) is 0 Å². The van der Waals surface area contributed by atoms with E-state index in [9.17, 15) is 10.1 Å². The Bertz CT molecular complexity index is 412. The van der Waals surface area contributed by atoms with Gasteiger partial charge >= 0.3 is 0 Å². The molecule has 0 aliphatic rings. The van der Waals surface area contributed by atoms with Crippen molar-refractivity contribution < 1.29 is 4.92 Å². The van der Waals surface area contributed by atoms with E-state index < -0.39 is 4.92 Å². The van der Waals surface area contributed by atoms with E-state index in [2.05, 4.69) is 0 Å². The van der Waals surface area contributed by atoms with E-state index in [1.54, 1.807) is 6.92 Å². The monoisotopic (exact) mass is 210 g/mol. The summed E-state index contributed by atoms with van der Waals surface area (Å²) in [6, 6.07) is 6.33. The zero-order valence-corrected chi connectivity index (χ0v) is 8.15. The van der Waals surface area contributed by atoms with E-state index in [1.807, 2.05) is 6.07 Å². The summed E-state index contributed by atoms with van der Waals surface area (Å²) in [7, 11) is 0. The second kappa shape index (κ2) is 4.07. The molecular weight excluding hydrogens is 204 g/mol. The molecule has 1 unspecified atom stereocenters. The SMILES string of the molecule is CC(C#N)c1ccc([N+](=O)[O-])c(Cl)c1. The number of nitrogens with zero attached hydrogens (tertiary/aromatic N) is 2. The van der Waals surface area contributed by atoms with Gasteiger partial charge < -0.3 is 0 Å². The minimum absolute atomic E-state index is 0.0644. The molecule has 0 saturated heterocycles. The zero-order valence-electron chi connectivity index (χ0n) is 7.40. The van der Waals surface area contributed by atoms with Crippen molar-refractivity contribution >= 4 is 17.3 Å². The molecule has 4 nitrogen and oxygen atoms in total. The summed E-state index contributed by atoms with van der Waals surface area (Å²) in [6.45, 7) is 1.71. The van der Waals surface area contributed by atoms with Crippen LogP contribution in [0.2, 0.25) is 5.02 Å². The summed E-state index contributed by atoms with van der Waals surface area (Å²) in [5.74, 6) is -0.312. The van der Waals surface area contributed by atoms with E-state index in [1.165, 1.54) is 18.2 Å². The Kier molecular flexibility index (Phi) is 3.05. The van der Waals surface area contributed by atoms with Crippen LogP contribution >= 0.6 is 11.6 Å². The van der Waals surface area contributed by atoms with E-state index in [0.29, 0.717) is 5.56 Å². The van der Waals surface area contributed by atoms with Crippen molar-refractivity contribution in [3.63, 3.8) is 0 Å². The number of halogens is 1. The van der Waals surface area contributed by atoms with Crippen molar-refractivity contribution in [1.82, 2.24) is 0 Å². The third-order valence-corrected chi connectivity index (χ3v) is 2.16. The Balaban J connectivity index is 3.14. The minimum Gasteiger partial charge on any atom is -0.258 e. The van der Waals surface area contributed by atoms with Crippen molar-refractivity contribution in [2.45, 2.75) is 12.8 Å². The van der Waals surface area contributed by atoms with Crippen LogP contribution in [0.1, 0.15) is 18.4 Å². The van der Waals surface area contributed by atoms with Crippen LogP contribution in [-0.4, -0.2) is 4.92 Å². The van der Waals surface area contributed by atoms with Gasteiger partial charge in [-0.05, 0) is 18.6 Å². The van der Waals surface area contributed by atoms with Crippen molar-refractivity contribution in [2.24, 2.45) is 0 Å². The largest absolute Gasteiger partial charge is 0.287 e. The number of hydrogen-bond acceptors (Lipinski definition) is 3. The molecule has 1 atom stereocenters. The first kappa shape index (κ1) is 10.5. The van der Waals surface area contributed by atoms with Crippen LogP contribution in [0.4, 0.5) is 5.69 Å². The molecule has 5 heteroatoms. The molecule has 0 heterocycles. The van der Waals surface area contributed by atoms with Crippen LogP contribution in [0.15, 0.2) is 18.2 Å². The van der Waals surface area contributed by atoms with Gasteiger partial charge in [-0.25, -0.2) is 0 Å². The molecule has 0 bridgehead atoms. The highest BCUT2D eigenvalue weighted by Gasteiger charge is 2.14. The van der Waals surface area contributed by atoms with Crippen LogP contribution < -0.4 is 0 Å². The smallest absolute Gasteiger partial charge is 0.258 e. The molecule has 14 heavy (non-hydrogen) atoms. The second-order valence-electron chi connectivity index (χ2n) is 2.82. The lowest BCUT2D eigenvalue weighted by molar-refractivity contribution is -0.384. The molecule has 0 amide bonds. The Morgan fingerprint density at radius 2 is 2.29 bits per heavy atom. The maximum absolute atomic E-state index is 10.4. The maximum Gasteiger partial charge on any atom is 0.287 e. The lowest BCUT2D eigenvalue weighted by Gasteiger charge is -2.02. The Labute approximate surface area is 85.9 Å². The molecule has 1 rings (SSSR count). The number of nitro groups is 1.